The molecule has 0 atom stereocenters. The molecule has 0 saturated carbocycles. The van der Waals surface area contributed by atoms with Crippen LogP contribution in [0.2, 0.25) is 0 Å². The highest BCUT2D eigenvalue weighted by molar-refractivity contribution is 5.43. The molecule has 0 aliphatic carbocycles. The topological polar surface area (TPSA) is 29.9 Å². The number of hydrogen-bond donors (Lipinski definition) is 1. The maximum atomic E-state index is 4.37. The summed E-state index contributed by atoms with van der Waals surface area (Å²) in [6, 6.07) is 8.96. The van der Waals surface area contributed by atoms with E-state index >= 15 is 0 Å². The van der Waals surface area contributed by atoms with Crippen LogP contribution in [0.1, 0.15) is 30.8 Å². The number of aryl methyl sites for hydroxylation is 1. The van der Waals surface area contributed by atoms with Gasteiger partial charge in [-0.1, -0.05) is 32.0 Å². The highest BCUT2D eigenvalue weighted by Gasteiger charge is 2.08. The quantitative estimate of drug-likeness (QED) is 0.894. The third-order valence-corrected chi connectivity index (χ3v) is 3.20. The SMILES string of the molecule is Cc1ncn(-c2ccccc2CNC(C)C)c1C. The van der Waals surface area contributed by atoms with E-state index in [1.807, 2.05) is 13.3 Å². The molecule has 2 rings (SSSR count). The maximum absolute atomic E-state index is 4.37. The van der Waals surface area contributed by atoms with E-state index in [0.29, 0.717) is 6.04 Å². The zero-order chi connectivity index (χ0) is 13.1. The Morgan fingerprint density at radius 3 is 2.56 bits per heavy atom. The van der Waals surface area contributed by atoms with Gasteiger partial charge in [-0.3, -0.25) is 0 Å². The molecule has 1 aromatic carbocycles. The molecule has 0 aliphatic heterocycles. The molecular formula is C15H21N3. The van der Waals surface area contributed by atoms with E-state index in [1.54, 1.807) is 0 Å². The van der Waals surface area contributed by atoms with E-state index in [1.165, 1.54) is 16.9 Å². The number of nitrogens with one attached hydrogen (secondary N) is 1. The zero-order valence-corrected chi connectivity index (χ0v) is 11.6. The third-order valence-electron chi connectivity index (χ3n) is 3.20. The van der Waals surface area contributed by atoms with Crippen molar-refractivity contribution in [3.8, 4) is 5.69 Å². The van der Waals surface area contributed by atoms with Gasteiger partial charge in [0.25, 0.3) is 0 Å². The Hall–Kier alpha value is -1.61. The van der Waals surface area contributed by atoms with Crippen LogP contribution in [0.4, 0.5) is 0 Å². The normalized spacial score (nSPS) is 11.2. The van der Waals surface area contributed by atoms with Crippen LogP contribution < -0.4 is 5.32 Å². The van der Waals surface area contributed by atoms with Crippen molar-refractivity contribution in [2.75, 3.05) is 0 Å². The summed E-state index contributed by atoms with van der Waals surface area (Å²) in [6.07, 6.45) is 1.90. The Labute approximate surface area is 109 Å². The second-order valence-corrected chi connectivity index (χ2v) is 4.95. The molecule has 0 radical (unpaired) electrons. The van der Waals surface area contributed by atoms with E-state index in [0.717, 1.165) is 12.2 Å². The van der Waals surface area contributed by atoms with E-state index in [9.17, 15) is 0 Å². The predicted octanol–water partition coefficient (Wildman–Crippen LogP) is 2.99. The highest BCUT2D eigenvalue weighted by atomic mass is 15.1. The number of aromatic nitrogens is 2. The summed E-state index contributed by atoms with van der Waals surface area (Å²) in [5.41, 5.74) is 4.80. The van der Waals surface area contributed by atoms with Gasteiger partial charge in [0.1, 0.15) is 0 Å². The van der Waals surface area contributed by atoms with Gasteiger partial charge < -0.3 is 9.88 Å². The maximum Gasteiger partial charge on any atom is 0.0997 e. The minimum Gasteiger partial charge on any atom is -0.310 e. The van der Waals surface area contributed by atoms with Crippen LogP contribution in [0.25, 0.3) is 5.69 Å². The summed E-state index contributed by atoms with van der Waals surface area (Å²) >= 11 is 0. The van der Waals surface area contributed by atoms with Crippen molar-refractivity contribution in [2.45, 2.75) is 40.3 Å². The summed E-state index contributed by atoms with van der Waals surface area (Å²) in [5, 5.41) is 3.46. The fourth-order valence-electron chi connectivity index (χ4n) is 1.95. The molecule has 0 saturated heterocycles. The lowest BCUT2D eigenvalue weighted by Gasteiger charge is -2.14. The van der Waals surface area contributed by atoms with Gasteiger partial charge in [-0.15, -0.1) is 0 Å². The van der Waals surface area contributed by atoms with E-state index < -0.39 is 0 Å². The van der Waals surface area contributed by atoms with E-state index in [4.69, 9.17) is 0 Å². The number of imidazole rings is 1. The van der Waals surface area contributed by atoms with Crippen molar-refractivity contribution in [2.24, 2.45) is 0 Å². The molecular weight excluding hydrogens is 222 g/mol. The summed E-state index contributed by atoms with van der Waals surface area (Å²) in [5.74, 6) is 0. The van der Waals surface area contributed by atoms with Crippen molar-refractivity contribution < 1.29 is 0 Å². The molecule has 18 heavy (non-hydrogen) atoms. The van der Waals surface area contributed by atoms with Gasteiger partial charge in [0.15, 0.2) is 0 Å². The Morgan fingerprint density at radius 2 is 1.94 bits per heavy atom. The first-order valence-corrected chi connectivity index (χ1v) is 6.42. The molecule has 0 spiro atoms. The Balaban J connectivity index is 2.35. The van der Waals surface area contributed by atoms with Crippen LogP contribution in [0, 0.1) is 13.8 Å². The summed E-state index contributed by atoms with van der Waals surface area (Å²) in [4.78, 5) is 4.37. The second-order valence-electron chi connectivity index (χ2n) is 4.95. The number of benzene rings is 1. The van der Waals surface area contributed by atoms with Crippen LogP contribution >= 0.6 is 0 Å². The van der Waals surface area contributed by atoms with Crippen LogP contribution in [0.3, 0.4) is 0 Å². The first-order chi connectivity index (χ1) is 8.59. The minimum absolute atomic E-state index is 0.490. The molecule has 3 heteroatoms. The highest BCUT2D eigenvalue weighted by Crippen LogP contribution is 2.18. The van der Waals surface area contributed by atoms with Crippen LogP contribution in [0.5, 0.6) is 0 Å². The van der Waals surface area contributed by atoms with Gasteiger partial charge in [-0.05, 0) is 25.5 Å². The predicted molar refractivity (Wildman–Crippen MR) is 75.0 cm³/mol. The molecule has 0 aliphatic rings. The van der Waals surface area contributed by atoms with Crippen molar-refractivity contribution >= 4 is 0 Å². The fourth-order valence-corrected chi connectivity index (χ4v) is 1.95. The van der Waals surface area contributed by atoms with E-state index in [2.05, 4.69) is 59.9 Å². The lowest BCUT2D eigenvalue weighted by atomic mass is 10.1. The van der Waals surface area contributed by atoms with Gasteiger partial charge >= 0.3 is 0 Å². The Kier molecular flexibility index (Phi) is 3.82. The smallest absolute Gasteiger partial charge is 0.0997 e. The van der Waals surface area contributed by atoms with Gasteiger partial charge in [0, 0.05) is 18.3 Å². The van der Waals surface area contributed by atoms with Crippen LogP contribution in [-0.4, -0.2) is 15.6 Å². The number of hydrogen-bond acceptors (Lipinski definition) is 2. The molecule has 1 heterocycles. The van der Waals surface area contributed by atoms with E-state index in [-0.39, 0.29) is 0 Å². The number of rotatable bonds is 4. The molecule has 3 nitrogen and oxygen atoms in total. The average molecular weight is 243 g/mol. The zero-order valence-electron chi connectivity index (χ0n) is 11.6. The summed E-state index contributed by atoms with van der Waals surface area (Å²) in [6.45, 7) is 9.35. The lowest BCUT2D eigenvalue weighted by Crippen LogP contribution is -2.22. The van der Waals surface area contributed by atoms with Crippen molar-refractivity contribution in [1.82, 2.24) is 14.9 Å². The molecule has 96 valence electrons. The largest absolute Gasteiger partial charge is 0.310 e. The lowest BCUT2D eigenvalue weighted by molar-refractivity contribution is 0.587. The standard InChI is InChI=1S/C15H21N3/c1-11(2)16-9-14-7-5-6-8-15(14)18-10-17-12(3)13(18)4/h5-8,10-11,16H,9H2,1-4H3. The number of para-hydroxylation sites is 1. The van der Waals surface area contributed by atoms with Gasteiger partial charge in [0.2, 0.25) is 0 Å². The second kappa shape index (κ2) is 5.36. The molecule has 0 amide bonds. The average Bonchev–Trinajstić information content (AvgIpc) is 2.68. The first-order valence-electron chi connectivity index (χ1n) is 6.42. The first kappa shape index (κ1) is 12.8. The third kappa shape index (κ3) is 2.62. The Bertz CT molecular complexity index is 526. The van der Waals surface area contributed by atoms with Gasteiger partial charge in [0.05, 0.1) is 17.7 Å². The molecule has 0 unspecified atom stereocenters. The van der Waals surface area contributed by atoms with Crippen LogP contribution in [0.15, 0.2) is 30.6 Å². The van der Waals surface area contributed by atoms with Crippen LogP contribution in [-0.2, 0) is 6.54 Å². The fraction of sp³-hybridized carbons (Fsp3) is 0.400. The van der Waals surface area contributed by atoms with Gasteiger partial charge in [-0.25, -0.2) is 4.98 Å². The molecule has 0 bridgehead atoms. The monoisotopic (exact) mass is 243 g/mol. The van der Waals surface area contributed by atoms with Gasteiger partial charge in [-0.2, -0.15) is 0 Å². The summed E-state index contributed by atoms with van der Waals surface area (Å²) < 4.78 is 2.16. The molecule has 2 aromatic rings. The van der Waals surface area contributed by atoms with Crippen molar-refractivity contribution in [1.29, 1.82) is 0 Å². The summed E-state index contributed by atoms with van der Waals surface area (Å²) in [7, 11) is 0. The van der Waals surface area contributed by atoms with Crippen molar-refractivity contribution in [3.63, 3.8) is 0 Å². The molecule has 0 fully saturated rings. The molecule has 1 N–H and O–H groups in total. The number of nitrogens with zero attached hydrogens (tertiary/aromatic N) is 2. The Morgan fingerprint density at radius 1 is 1.22 bits per heavy atom. The van der Waals surface area contributed by atoms with Crippen molar-refractivity contribution in [3.05, 3.63) is 47.5 Å². The molecule has 1 aromatic heterocycles. The minimum atomic E-state index is 0.490.